The van der Waals surface area contributed by atoms with Crippen LogP contribution in [0.3, 0.4) is 0 Å². The van der Waals surface area contributed by atoms with Crippen LogP contribution in [0.5, 0.6) is 0 Å². The number of ether oxygens (including phenoxy) is 1. The fourth-order valence-electron chi connectivity index (χ4n) is 0.921. The highest BCUT2D eigenvalue weighted by Gasteiger charge is 1.93. The Balaban J connectivity index is 2.69. The lowest BCUT2D eigenvalue weighted by Gasteiger charge is -2.03. The van der Waals surface area contributed by atoms with Gasteiger partial charge in [-0.15, -0.1) is 0 Å². The van der Waals surface area contributed by atoms with Crippen LogP contribution in [0.2, 0.25) is 0 Å². The molecule has 0 unspecified atom stereocenters. The molecule has 0 bridgehead atoms. The van der Waals surface area contributed by atoms with Crippen LogP contribution in [-0.2, 0) is 11.3 Å². The zero-order chi connectivity index (χ0) is 8.10. The topological polar surface area (TPSA) is 9.23 Å². The van der Waals surface area contributed by atoms with E-state index in [0.29, 0.717) is 6.61 Å². The molecule has 1 aromatic rings. The van der Waals surface area contributed by atoms with Gasteiger partial charge in [-0.25, -0.2) is 0 Å². The minimum Gasteiger partial charge on any atom is -0.497 e. The summed E-state index contributed by atoms with van der Waals surface area (Å²) in [6, 6.07) is 8.15. The van der Waals surface area contributed by atoms with E-state index in [2.05, 4.69) is 25.6 Å². The molecule has 0 spiro atoms. The first kappa shape index (κ1) is 7.86. The Morgan fingerprint density at radius 1 is 1.45 bits per heavy atom. The van der Waals surface area contributed by atoms with E-state index in [4.69, 9.17) is 4.74 Å². The molecule has 0 aliphatic rings. The Kier molecular flexibility index (Phi) is 2.73. The van der Waals surface area contributed by atoms with Crippen molar-refractivity contribution >= 4 is 0 Å². The van der Waals surface area contributed by atoms with Crippen molar-refractivity contribution in [3.05, 3.63) is 48.2 Å². The van der Waals surface area contributed by atoms with Crippen LogP contribution in [0.25, 0.3) is 0 Å². The van der Waals surface area contributed by atoms with Gasteiger partial charge in [0.15, 0.2) is 0 Å². The molecule has 0 aromatic heterocycles. The summed E-state index contributed by atoms with van der Waals surface area (Å²) in [4.78, 5) is 0. The molecular weight excluding hydrogens is 136 g/mol. The molecule has 0 fully saturated rings. The highest BCUT2D eigenvalue weighted by Crippen LogP contribution is 2.07. The predicted octanol–water partition coefficient (Wildman–Crippen LogP) is 2.66. The Morgan fingerprint density at radius 2 is 2.18 bits per heavy atom. The quantitative estimate of drug-likeness (QED) is 0.599. The summed E-state index contributed by atoms with van der Waals surface area (Å²) in [6.07, 6.45) is 1.46. The average Bonchev–Trinajstić information content (AvgIpc) is 2.03. The first-order valence-corrected chi connectivity index (χ1v) is 3.61. The van der Waals surface area contributed by atoms with Crippen molar-refractivity contribution in [3.8, 4) is 0 Å². The van der Waals surface area contributed by atoms with Gasteiger partial charge in [0.1, 0.15) is 6.61 Å². The third kappa shape index (κ3) is 2.11. The summed E-state index contributed by atoms with van der Waals surface area (Å²) < 4.78 is 5.06. The summed E-state index contributed by atoms with van der Waals surface area (Å²) >= 11 is 0. The molecule has 11 heavy (non-hydrogen) atoms. The standard InChI is InChI=1S/C10H12O/c1-3-11-8-10-7-5-4-6-9(10)2/h3-7H,1,8H2,2H3. The number of rotatable bonds is 3. The third-order valence-corrected chi connectivity index (χ3v) is 1.62. The van der Waals surface area contributed by atoms with Crippen molar-refractivity contribution in [2.75, 3.05) is 0 Å². The molecule has 0 atom stereocenters. The van der Waals surface area contributed by atoms with Gasteiger partial charge in [0.2, 0.25) is 0 Å². The van der Waals surface area contributed by atoms with E-state index in [1.54, 1.807) is 0 Å². The average molecular weight is 148 g/mol. The zero-order valence-corrected chi connectivity index (χ0v) is 6.71. The first-order chi connectivity index (χ1) is 5.34. The van der Waals surface area contributed by atoms with Crippen molar-refractivity contribution in [1.29, 1.82) is 0 Å². The SMILES string of the molecule is C=COCc1ccccc1C. The Morgan fingerprint density at radius 3 is 2.82 bits per heavy atom. The van der Waals surface area contributed by atoms with E-state index in [0.717, 1.165) is 0 Å². The number of aryl methyl sites for hydroxylation is 1. The second kappa shape index (κ2) is 3.81. The Labute approximate surface area is 67.3 Å². The predicted molar refractivity (Wildman–Crippen MR) is 46.2 cm³/mol. The minimum atomic E-state index is 0.621. The number of hydrogen-bond acceptors (Lipinski definition) is 1. The summed E-state index contributed by atoms with van der Waals surface area (Å²) in [5.41, 5.74) is 2.47. The van der Waals surface area contributed by atoms with Crippen LogP contribution in [0.4, 0.5) is 0 Å². The van der Waals surface area contributed by atoms with E-state index in [9.17, 15) is 0 Å². The number of benzene rings is 1. The van der Waals surface area contributed by atoms with Crippen molar-refractivity contribution in [1.82, 2.24) is 0 Å². The van der Waals surface area contributed by atoms with E-state index in [1.165, 1.54) is 17.4 Å². The van der Waals surface area contributed by atoms with E-state index < -0.39 is 0 Å². The molecule has 0 N–H and O–H groups in total. The first-order valence-electron chi connectivity index (χ1n) is 3.61. The van der Waals surface area contributed by atoms with Gasteiger partial charge >= 0.3 is 0 Å². The largest absolute Gasteiger partial charge is 0.497 e. The molecule has 58 valence electrons. The molecule has 0 saturated carbocycles. The number of hydrogen-bond donors (Lipinski definition) is 0. The molecule has 0 aliphatic heterocycles. The fourth-order valence-corrected chi connectivity index (χ4v) is 0.921. The minimum absolute atomic E-state index is 0.621. The van der Waals surface area contributed by atoms with Gasteiger partial charge < -0.3 is 4.74 Å². The van der Waals surface area contributed by atoms with Crippen molar-refractivity contribution in [3.63, 3.8) is 0 Å². The summed E-state index contributed by atoms with van der Waals surface area (Å²) in [5.74, 6) is 0. The van der Waals surface area contributed by atoms with Gasteiger partial charge in [-0.05, 0) is 18.1 Å². The van der Waals surface area contributed by atoms with E-state index >= 15 is 0 Å². The van der Waals surface area contributed by atoms with Crippen molar-refractivity contribution in [2.45, 2.75) is 13.5 Å². The molecule has 0 aliphatic carbocycles. The van der Waals surface area contributed by atoms with Crippen LogP contribution >= 0.6 is 0 Å². The van der Waals surface area contributed by atoms with Gasteiger partial charge in [-0.3, -0.25) is 0 Å². The van der Waals surface area contributed by atoms with Crippen LogP contribution in [-0.4, -0.2) is 0 Å². The van der Waals surface area contributed by atoms with Crippen LogP contribution in [0.15, 0.2) is 37.1 Å². The zero-order valence-electron chi connectivity index (χ0n) is 6.71. The molecule has 0 radical (unpaired) electrons. The molecule has 0 heterocycles. The molecule has 1 rings (SSSR count). The molecule has 1 aromatic carbocycles. The Hall–Kier alpha value is -1.24. The van der Waals surface area contributed by atoms with Crippen LogP contribution in [0.1, 0.15) is 11.1 Å². The fraction of sp³-hybridized carbons (Fsp3) is 0.200. The maximum absolute atomic E-state index is 5.06. The second-order valence-electron chi connectivity index (χ2n) is 2.40. The summed E-state index contributed by atoms with van der Waals surface area (Å²) in [5, 5.41) is 0. The van der Waals surface area contributed by atoms with Gasteiger partial charge in [-0.2, -0.15) is 0 Å². The molecular formula is C10H12O. The lowest BCUT2D eigenvalue weighted by molar-refractivity contribution is 0.237. The Bertz CT molecular complexity index is 240. The second-order valence-corrected chi connectivity index (χ2v) is 2.40. The lowest BCUT2D eigenvalue weighted by Crippen LogP contribution is -1.89. The van der Waals surface area contributed by atoms with Crippen LogP contribution < -0.4 is 0 Å². The third-order valence-electron chi connectivity index (χ3n) is 1.62. The van der Waals surface area contributed by atoms with Crippen molar-refractivity contribution in [2.24, 2.45) is 0 Å². The highest BCUT2D eigenvalue weighted by molar-refractivity contribution is 5.24. The molecule has 1 nitrogen and oxygen atoms in total. The smallest absolute Gasteiger partial charge is 0.113 e. The normalized spacial score (nSPS) is 9.18. The maximum atomic E-state index is 5.06. The van der Waals surface area contributed by atoms with Crippen molar-refractivity contribution < 1.29 is 4.74 Å². The van der Waals surface area contributed by atoms with E-state index in [-0.39, 0.29) is 0 Å². The van der Waals surface area contributed by atoms with Crippen LogP contribution in [0, 0.1) is 6.92 Å². The van der Waals surface area contributed by atoms with Gasteiger partial charge in [0.05, 0.1) is 6.26 Å². The lowest BCUT2D eigenvalue weighted by atomic mass is 10.1. The maximum Gasteiger partial charge on any atom is 0.113 e. The van der Waals surface area contributed by atoms with Gasteiger partial charge in [-0.1, -0.05) is 30.8 Å². The summed E-state index contributed by atoms with van der Waals surface area (Å²) in [7, 11) is 0. The van der Waals surface area contributed by atoms with Gasteiger partial charge in [0.25, 0.3) is 0 Å². The molecule has 1 heteroatoms. The van der Waals surface area contributed by atoms with Gasteiger partial charge in [0, 0.05) is 0 Å². The summed E-state index contributed by atoms with van der Waals surface area (Å²) in [6.45, 7) is 6.18. The van der Waals surface area contributed by atoms with E-state index in [1.807, 2.05) is 12.1 Å². The molecule has 0 saturated heterocycles. The highest BCUT2D eigenvalue weighted by atomic mass is 16.5. The molecule has 0 amide bonds. The monoisotopic (exact) mass is 148 g/mol.